The molecular weight excluding hydrogens is 462 g/mol. The van der Waals surface area contributed by atoms with E-state index in [0.29, 0.717) is 37.2 Å². The second kappa shape index (κ2) is 9.41. The number of hydrogen-bond donors (Lipinski definition) is 2. The average Bonchev–Trinajstić information content (AvgIpc) is 3.37. The number of aryl methyl sites for hydroxylation is 2. The topological polar surface area (TPSA) is 126 Å². The molecule has 0 aliphatic carbocycles. The van der Waals surface area contributed by atoms with Gasteiger partial charge in [0.15, 0.2) is 5.76 Å². The van der Waals surface area contributed by atoms with Crippen molar-refractivity contribution in [1.29, 1.82) is 0 Å². The molecule has 2 aromatic carbocycles. The maximum atomic E-state index is 13.0. The van der Waals surface area contributed by atoms with Gasteiger partial charge in [0.2, 0.25) is 11.8 Å². The van der Waals surface area contributed by atoms with Crippen LogP contribution in [0, 0.1) is 0 Å². The van der Waals surface area contributed by atoms with Crippen molar-refractivity contribution in [2.24, 2.45) is 0 Å². The van der Waals surface area contributed by atoms with Crippen LogP contribution in [0.25, 0.3) is 11.0 Å². The number of imide groups is 2. The van der Waals surface area contributed by atoms with Crippen molar-refractivity contribution in [3.63, 3.8) is 0 Å². The molecule has 2 aliphatic heterocycles. The van der Waals surface area contributed by atoms with Crippen LogP contribution < -0.4 is 10.6 Å². The highest BCUT2D eigenvalue weighted by Gasteiger charge is 2.44. The lowest BCUT2D eigenvalue weighted by atomic mass is 10.0. The SMILES string of the molecule is CCc1c(C(=O)NCCCc2ccc3c(c2)C(=O)N(C2CCC(=O)NC2=O)C3=O)oc2ccccc12. The lowest BCUT2D eigenvalue weighted by Crippen LogP contribution is -2.54. The molecule has 36 heavy (non-hydrogen) atoms. The largest absolute Gasteiger partial charge is 0.451 e. The Morgan fingerprint density at radius 1 is 1.08 bits per heavy atom. The summed E-state index contributed by atoms with van der Waals surface area (Å²) in [6, 6.07) is 11.6. The number of benzene rings is 2. The van der Waals surface area contributed by atoms with E-state index in [4.69, 9.17) is 4.42 Å². The Morgan fingerprint density at radius 3 is 2.64 bits per heavy atom. The molecule has 3 heterocycles. The molecule has 5 amide bonds. The van der Waals surface area contributed by atoms with Gasteiger partial charge in [0, 0.05) is 23.9 Å². The normalized spacial score (nSPS) is 17.5. The molecule has 1 saturated heterocycles. The highest BCUT2D eigenvalue weighted by Crippen LogP contribution is 2.29. The number of nitrogens with one attached hydrogen (secondary N) is 2. The summed E-state index contributed by atoms with van der Waals surface area (Å²) in [5, 5.41) is 6.03. The van der Waals surface area contributed by atoms with E-state index in [0.717, 1.165) is 21.4 Å². The Morgan fingerprint density at radius 2 is 1.86 bits per heavy atom. The summed E-state index contributed by atoms with van der Waals surface area (Å²) in [7, 11) is 0. The molecule has 1 unspecified atom stereocenters. The summed E-state index contributed by atoms with van der Waals surface area (Å²) in [4.78, 5) is 63.1. The van der Waals surface area contributed by atoms with Crippen molar-refractivity contribution in [3.05, 3.63) is 70.5 Å². The van der Waals surface area contributed by atoms with Crippen molar-refractivity contribution in [3.8, 4) is 0 Å². The van der Waals surface area contributed by atoms with Crippen molar-refractivity contribution in [2.75, 3.05) is 6.54 Å². The van der Waals surface area contributed by atoms with E-state index in [9.17, 15) is 24.0 Å². The molecule has 0 saturated carbocycles. The summed E-state index contributed by atoms with van der Waals surface area (Å²) in [5.41, 5.74) is 2.90. The summed E-state index contributed by atoms with van der Waals surface area (Å²) < 4.78 is 5.78. The van der Waals surface area contributed by atoms with Crippen LogP contribution in [0.3, 0.4) is 0 Å². The van der Waals surface area contributed by atoms with E-state index in [1.807, 2.05) is 31.2 Å². The summed E-state index contributed by atoms with van der Waals surface area (Å²) in [6.45, 7) is 2.39. The minimum atomic E-state index is -0.986. The third kappa shape index (κ3) is 4.06. The van der Waals surface area contributed by atoms with Gasteiger partial charge < -0.3 is 9.73 Å². The molecule has 5 rings (SSSR count). The lowest BCUT2D eigenvalue weighted by Gasteiger charge is -2.27. The van der Waals surface area contributed by atoms with Crippen LogP contribution in [0.15, 0.2) is 46.9 Å². The van der Waals surface area contributed by atoms with Crippen molar-refractivity contribution in [2.45, 2.75) is 45.1 Å². The van der Waals surface area contributed by atoms with Crippen LogP contribution in [0.2, 0.25) is 0 Å². The first kappa shape index (κ1) is 23.5. The molecule has 2 aliphatic rings. The number of fused-ring (bicyclic) bond motifs is 2. The monoisotopic (exact) mass is 487 g/mol. The Bertz CT molecular complexity index is 1420. The fraction of sp³-hybridized carbons (Fsp3) is 0.296. The van der Waals surface area contributed by atoms with E-state index < -0.39 is 29.7 Å². The third-order valence-corrected chi connectivity index (χ3v) is 6.69. The van der Waals surface area contributed by atoms with E-state index in [2.05, 4.69) is 10.6 Å². The van der Waals surface area contributed by atoms with Gasteiger partial charge in [0.05, 0.1) is 11.1 Å². The standard InChI is InChI=1S/C27H25N3O6/c1-2-16-17-7-3-4-8-21(17)36-23(16)25(33)28-13-5-6-15-9-10-18-19(14-15)27(35)30(26(18)34)20-11-12-22(31)29-24(20)32/h3-4,7-10,14,20H,2,5-6,11-13H2,1H3,(H,28,33)(H,29,31,32). The van der Waals surface area contributed by atoms with E-state index in [-0.39, 0.29) is 29.9 Å². The van der Waals surface area contributed by atoms with E-state index >= 15 is 0 Å². The number of hydrogen-bond acceptors (Lipinski definition) is 6. The van der Waals surface area contributed by atoms with Gasteiger partial charge in [-0.1, -0.05) is 31.2 Å². The quantitative estimate of drug-likeness (QED) is 0.390. The molecule has 1 aromatic heterocycles. The van der Waals surface area contributed by atoms with Crippen LogP contribution in [0.5, 0.6) is 0 Å². The van der Waals surface area contributed by atoms with E-state index in [1.54, 1.807) is 18.2 Å². The summed E-state index contributed by atoms with van der Waals surface area (Å²) >= 11 is 0. The van der Waals surface area contributed by atoms with Crippen molar-refractivity contribution >= 4 is 40.5 Å². The van der Waals surface area contributed by atoms with Crippen molar-refractivity contribution < 1.29 is 28.4 Å². The molecule has 1 atom stereocenters. The van der Waals surface area contributed by atoms with Gasteiger partial charge in [-0.25, -0.2) is 0 Å². The third-order valence-electron chi connectivity index (χ3n) is 6.69. The Hall–Kier alpha value is -4.27. The fourth-order valence-corrected chi connectivity index (χ4v) is 4.88. The molecule has 3 aromatic rings. The maximum absolute atomic E-state index is 13.0. The summed E-state index contributed by atoms with van der Waals surface area (Å²) in [6.07, 6.45) is 2.07. The van der Waals surface area contributed by atoms with E-state index in [1.165, 1.54) is 0 Å². The van der Waals surface area contributed by atoms with Gasteiger partial charge in [-0.15, -0.1) is 0 Å². The Labute approximate surface area is 206 Å². The predicted octanol–water partition coefficient (Wildman–Crippen LogP) is 2.76. The zero-order chi connectivity index (χ0) is 25.4. The van der Waals surface area contributed by atoms with Gasteiger partial charge in [-0.2, -0.15) is 0 Å². The Kier molecular flexibility index (Phi) is 6.13. The number of amides is 5. The smallest absolute Gasteiger partial charge is 0.287 e. The number of piperidine rings is 1. The number of carbonyl (C=O) groups is 5. The van der Waals surface area contributed by atoms with Crippen molar-refractivity contribution in [1.82, 2.24) is 15.5 Å². The molecule has 9 nitrogen and oxygen atoms in total. The molecule has 2 N–H and O–H groups in total. The van der Waals surface area contributed by atoms with Crippen LogP contribution in [-0.2, 0) is 22.4 Å². The highest BCUT2D eigenvalue weighted by molar-refractivity contribution is 6.23. The number of carbonyl (C=O) groups excluding carboxylic acids is 5. The minimum absolute atomic E-state index is 0.0779. The number of para-hydroxylation sites is 1. The van der Waals surface area contributed by atoms with Gasteiger partial charge in [0.1, 0.15) is 11.6 Å². The van der Waals surface area contributed by atoms with Gasteiger partial charge in [-0.3, -0.25) is 34.2 Å². The van der Waals surface area contributed by atoms with Gasteiger partial charge >= 0.3 is 0 Å². The fourth-order valence-electron chi connectivity index (χ4n) is 4.88. The molecule has 0 radical (unpaired) electrons. The first-order valence-electron chi connectivity index (χ1n) is 12.0. The zero-order valence-electron chi connectivity index (χ0n) is 19.8. The Balaban J connectivity index is 1.21. The molecule has 1 fully saturated rings. The summed E-state index contributed by atoms with van der Waals surface area (Å²) in [5.74, 6) is -2.04. The molecule has 184 valence electrons. The lowest BCUT2D eigenvalue weighted by molar-refractivity contribution is -0.136. The highest BCUT2D eigenvalue weighted by atomic mass is 16.3. The average molecular weight is 488 g/mol. The van der Waals surface area contributed by atoms with Crippen LogP contribution in [0.1, 0.15) is 68.6 Å². The van der Waals surface area contributed by atoms with Crippen LogP contribution >= 0.6 is 0 Å². The number of rotatable bonds is 7. The second-order valence-electron chi connectivity index (χ2n) is 8.95. The zero-order valence-corrected chi connectivity index (χ0v) is 19.8. The van der Waals surface area contributed by atoms with Gasteiger partial charge in [-0.05, 0) is 49.4 Å². The number of nitrogens with zero attached hydrogens (tertiary/aromatic N) is 1. The second-order valence-corrected chi connectivity index (χ2v) is 8.95. The molecule has 9 heteroatoms. The predicted molar refractivity (Wildman–Crippen MR) is 129 cm³/mol. The van der Waals surface area contributed by atoms with Gasteiger partial charge in [0.25, 0.3) is 17.7 Å². The van der Waals surface area contributed by atoms with Crippen LogP contribution in [0.4, 0.5) is 0 Å². The molecular formula is C27H25N3O6. The number of furan rings is 1. The molecule has 0 bridgehead atoms. The van der Waals surface area contributed by atoms with Crippen LogP contribution in [-0.4, -0.2) is 47.0 Å². The minimum Gasteiger partial charge on any atom is -0.451 e. The first-order valence-corrected chi connectivity index (χ1v) is 12.0. The molecule has 0 spiro atoms. The maximum Gasteiger partial charge on any atom is 0.287 e. The first-order chi connectivity index (χ1) is 17.4.